The maximum Gasteiger partial charge on any atom is 0.307 e. The number of rotatable bonds is 6. The maximum absolute atomic E-state index is 11.5. The Labute approximate surface area is 109 Å². The summed E-state index contributed by atoms with van der Waals surface area (Å²) in [7, 11) is 0. The molecule has 18 heavy (non-hydrogen) atoms. The van der Waals surface area contributed by atoms with Crippen LogP contribution >= 0.6 is 0 Å². The van der Waals surface area contributed by atoms with Crippen LogP contribution < -0.4 is 0 Å². The van der Waals surface area contributed by atoms with Crippen molar-refractivity contribution < 1.29 is 19.8 Å². The molecule has 3 unspecified atom stereocenters. The molecule has 0 aromatic carbocycles. The number of hydrogen-bond acceptors (Lipinski definition) is 2. The van der Waals surface area contributed by atoms with Gasteiger partial charge in [0, 0.05) is 0 Å². The standard InChI is InChI=1S/C14H26O4/c1-7-14(6,8-13(3,4)5)10(12(17)18)9(2)11(15)16/h9-10H,7-8H2,1-6H3,(H,15,16)(H,17,18). The topological polar surface area (TPSA) is 74.6 Å². The summed E-state index contributed by atoms with van der Waals surface area (Å²) in [5, 5.41) is 18.5. The van der Waals surface area contributed by atoms with E-state index in [1.165, 1.54) is 6.92 Å². The maximum atomic E-state index is 11.5. The van der Waals surface area contributed by atoms with Gasteiger partial charge in [0.1, 0.15) is 0 Å². The quantitative estimate of drug-likeness (QED) is 0.766. The predicted octanol–water partition coefficient (Wildman–Crippen LogP) is 3.26. The fraction of sp³-hybridized carbons (Fsp3) is 0.857. The van der Waals surface area contributed by atoms with Crippen molar-refractivity contribution in [2.24, 2.45) is 22.7 Å². The van der Waals surface area contributed by atoms with Gasteiger partial charge in [0.2, 0.25) is 0 Å². The van der Waals surface area contributed by atoms with Gasteiger partial charge in [-0.1, -0.05) is 41.5 Å². The Kier molecular flexibility index (Phi) is 5.38. The average molecular weight is 258 g/mol. The van der Waals surface area contributed by atoms with Crippen molar-refractivity contribution in [3.8, 4) is 0 Å². The van der Waals surface area contributed by atoms with E-state index in [-0.39, 0.29) is 5.41 Å². The third kappa shape index (κ3) is 4.31. The largest absolute Gasteiger partial charge is 0.481 e. The van der Waals surface area contributed by atoms with Gasteiger partial charge in [-0.2, -0.15) is 0 Å². The minimum atomic E-state index is -1.05. The van der Waals surface area contributed by atoms with E-state index in [0.29, 0.717) is 12.8 Å². The molecule has 0 saturated heterocycles. The van der Waals surface area contributed by atoms with Crippen LogP contribution in [0.4, 0.5) is 0 Å². The summed E-state index contributed by atoms with van der Waals surface area (Å²) in [4.78, 5) is 22.6. The molecule has 4 heteroatoms. The highest BCUT2D eigenvalue weighted by Gasteiger charge is 2.45. The monoisotopic (exact) mass is 258 g/mol. The summed E-state index contributed by atoms with van der Waals surface area (Å²) in [6.45, 7) is 11.4. The summed E-state index contributed by atoms with van der Waals surface area (Å²) in [5.41, 5.74) is -0.543. The Bertz CT molecular complexity index is 316. The number of hydrogen-bond donors (Lipinski definition) is 2. The molecule has 2 N–H and O–H groups in total. The Morgan fingerprint density at radius 3 is 1.72 bits per heavy atom. The molecule has 0 rings (SSSR count). The molecule has 0 aliphatic carbocycles. The van der Waals surface area contributed by atoms with E-state index in [9.17, 15) is 14.7 Å². The van der Waals surface area contributed by atoms with Crippen molar-refractivity contribution in [3.63, 3.8) is 0 Å². The van der Waals surface area contributed by atoms with Crippen molar-refractivity contribution in [2.75, 3.05) is 0 Å². The number of carboxylic acids is 2. The zero-order valence-electron chi connectivity index (χ0n) is 12.3. The molecule has 0 aromatic rings. The Morgan fingerprint density at radius 2 is 1.50 bits per heavy atom. The highest BCUT2D eigenvalue weighted by molar-refractivity contribution is 5.80. The van der Waals surface area contributed by atoms with Crippen LogP contribution in [0.15, 0.2) is 0 Å². The average Bonchev–Trinajstić information content (AvgIpc) is 2.13. The van der Waals surface area contributed by atoms with E-state index >= 15 is 0 Å². The normalized spacial score (nSPS) is 18.8. The molecule has 4 nitrogen and oxygen atoms in total. The van der Waals surface area contributed by atoms with Crippen LogP contribution in [-0.2, 0) is 9.59 Å². The van der Waals surface area contributed by atoms with Crippen LogP contribution in [0.25, 0.3) is 0 Å². The van der Waals surface area contributed by atoms with Gasteiger partial charge < -0.3 is 10.2 Å². The molecule has 0 aliphatic heterocycles. The number of aliphatic carboxylic acids is 2. The van der Waals surface area contributed by atoms with Gasteiger partial charge in [-0.3, -0.25) is 9.59 Å². The van der Waals surface area contributed by atoms with Crippen molar-refractivity contribution in [3.05, 3.63) is 0 Å². The van der Waals surface area contributed by atoms with Gasteiger partial charge in [0.25, 0.3) is 0 Å². The fourth-order valence-electron chi connectivity index (χ4n) is 2.92. The first kappa shape index (κ1) is 16.9. The Balaban J connectivity index is 5.41. The molecule has 0 amide bonds. The van der Waals surface area contributed by atoms with Gasteiger partial charge in [0.15, 0.2) is 0 Å². The molecule has 0 radical (unpaired) electrons. The van der Waals surface area contributed by atoms with Crippen LogP contribution in [0.1, 0.15) is 54.4 Å². The zero-order valence-corrected chi connectivity index (χ0v) is 12.3. The molecule has 3 atom stereocenters. The first-order chi connectivity index (χ1) is 7.94. The van der Waals surface area contributed by atoms with Gasteiger partial charge >= 0.3 is 11.9 Å². The first-order valence-corrected chi connectivity index (χ1v) is 6.40. The SMILES string of the molecule is CCC(C)(CC(C)(C)C)C(C(=O)O)C(C)C(=O)O. The van der Waals surface area contributed by atoms with Crippen molar-refractivity contribution >= 4 is 11.9 Å². The minimum absolute atomic E-state index is 0.0311. The first-order valence-electron chi connectivity index (χ1n) is 6.40. The smallest absolute Gasteiger partial charge is 0.307 e. The van der Waals surface area contributed by atoms with Gasteiger partial charge in [0.05, 0.1) is 11.8 Å². The van der Waals surface area contributed by atoms with Crippen molar-refractivity contribution in [2.45, 2.75) is 54.4 Å². The molecule has 0 heterocycles. The zero-order chi connectivity index (χ0) is 14.7. The molecule has 0 fully saturated rings. The van der Waals surface area contributed by atoms with E-state index in [4.69, 9.17) is 5.11 Å². The molecule has 106 valence electrons. The Morgan fingerprint density at radius 1 is 1.06 bits per heavy atom. The summed E-state index contributed by atoms with van der Waals surface area (Å²) >= 11 is 0. The van der Waals surface area contributed by atoms with Crippen molar-refractivity contribution in [1.82, 2.24) is 0 Å². The molecule has 0 aromatic heterocycles. The van der Waals surface area contributed by atoms with Crippen LogP contribution in [0.5, 0.6) is 0 Å². The van der Waals surface area contributed by atoms with E-state index < -0.39 is 29.2 Å². The van der Waals surface area contributed by atoms with E-state index in [2.05, 4.69) is 0 Å². The van der Waals surface area contributed by atoms with Gasteiger partial charge in [-0.15, -0.1) is 0 Å². The van der Waals surface area contributed by atoms with E-state index in [1.54, 1.807) is 0 Å². The van der Waals surface area contributed by atoms with Crippen LogP contribution in [0.2, 0.25) is 0 Å². The molecular formula is C14H26O4. The molecule has 0 aliphatic rings. The summed E-state index contributed by atoms with van der Waals surface area (Å²) in [5.74, 6) is -3.80. The highest BCUT2D eigenvalue weighted by atomic mass is 16.4. The number of carboxylic acid groups (broad SMARTS) is 2. The van der Waals surface area contributed by atoms with Gasteiger partial charge in [-0.25, -0.2) is 0 Å². The second-order valence-electron chi connectivity index (χ2n) is 6.69. The minimum Gasteiger partial charge on any atom is -0.481 e. The van der Waals surface area contributed by atoms with Crippen LogP contribution in [-0.4, -0.2) is 22.2 Å². The fourth-order valence-corrected chi connectivity index (χ4v) is 2.92. The second kappa shape index (κ2) is 5.72. The van der Waals surface area contributed by atoms with E-state index in [0.717, 1.165) is 0 Å². The third-order valence-corrected chi connectivity index (χ3v) is 3.65. The Hall–Kier alpha value is -1.06. The third-order valence-electron chi connectivity index (χ3n) is 3.65. The lowest BCUT2D eigenvalue weighted by Crippen LogP contribution is -2.42. The predicted molar refractivity (Wildman–Crippen MR) is 70.4 cm³/mol. The lowest BCUT2D eigenvalue weighted by molar-refractivity contribution is -0.159. The van der Waals surface area contributed by atoms with Crippen LogP contribution in [0.3, 0.4) is 0 Å². The van der Waals surface area contributed by atoms with Crippen LogP contribution in [0, 0.1) is 22.7 Å². The number of carbonyl (C=O) groups is 2. The summed E-state index contributed by atoms with van der Waals surface area (Å²) in [6, 6.07) is 0. The summed E-state index contributed by atoms with van der Waals surface area (Å²) in [6.07, 6.45) is 1.34. The lowest BCUT2D eigenvalue weighted by atomic mass is 9.63. The molecule has 0 bridgehead atoms. The molecular weight excluding hydrogens is 232 g/mol. The lowest BCUT2D eigenvalue weighted by Gasteiger charge is -2.41. The molecule has 0 spiro atoms. The van der Waals surface area contributed by atoms with Crippen molar-refractivity contribution in [1.29, 1.82) is 0 Å². The second-order valence-corrected chi connectivity index (χ2v) is 6.69. The van der Waals surface area contributed by atoms with Gasteiger partial charge in [-0.05, 0) is 23.7 Å². The summed E-state index contributed by atoms with van der Waals surface area (Å²) < 4.78 is 0. The molecule has 0 saturated carbocycles. The highest BCUT2D eigenvalue weighted by Crippen LogP contribution is 2.45. The van der Waals surface area contributed by atoms with E-state index in [1.807, 2.05) is 34.6 Å².